The lowest BCUT2D eigenvalue weighted by molar-refractivity contribution is -0.116. The molecule has 1 rings (SSSR count). The maximum absolute atomic E-state index is 11.8. The molecule has 1 aromatic rings. The van der Waals surface area contributed by atoms with Crippen molar-refractivity contribution in [3.63, 3.8) is 0 Å². The summed E-state index contributed by atoms with van der Waals surface area (Å²) in [5.74, 6) is 0.575. The van der Waals surface area contributed by atoms with Crippen molar-refractivity contribution in [1.82, 2.24) is 4.90 Å². The van der Waals surface area contributed by atoms with E-state index in [1.807, 2.05) is 7.05 Å². The van der Waals surface area contributed by atoms with E-state index < -0.39 is 0 Å². The molecule has 102 valence electrons. The predicted molar refractivity (Wildman–Crippen MR) is 76.7 cm³/mol. The molecule has 1 aromatic carbocycles. The highest BCUT2D eigenvalue weighted by Crippen LogP contribution is 2.10. The van der Waals surface area contributed by atoms with Crippen molar-refractivity contribution in [2.75, 3.05) is 25.5 Å². The van der Waals surface area contributed by atoms with Crippen LogP contribution in [0.4, 0.5) is 5.69 Å². The van der Waals surface area contributed by atoms with Gasteiger partial charge in [-0.25, -0.2) is 0 Å². The lowest BCUT2D eigenvalue weighted by Crippen LogP contribution is -2.27. The van der Waals surface area contributed by atoms with Crippen LogP contribution in [0.5, 0.6) is 0 Å². The summed E-state index contributed by atoms with van der Waals surface area (Å²) in [6.07, 6.45) is 0.458. The molecule has 0 atom stereocenters. The van der Waals surface area contributed by atoms with E-state index in [9.17, 15) is 4.79 Å². The first-order chi connectivity index (χ1) is 9.01. The van der Waals surface area contributed by atoms with E-state index >= 15 is 0 Å². The SMILES string of the molecule is CC(C)CN(C)CCC(=O)Nc1cccc(C#N)c1. The number of benzene rings is 1. The fraction of sp³-hybridized carbons (Fsp3) is 0.467. The van der Waals surface area contributed by atoms with E-state index in [2.05, 4.69) is 30.1 Å². The second-order valence-electron chi connectivity index (χ2n) is 5.15. The van der Waals surface area contributed by atoms with Crippen LogP contribution in [0.3, 0.4) is 0 Å². The molecule has 4 heteroatoms. The maximum atomic E-state index is 11.8. The molecule has 0 bridgehead atoms. The largest absolute Gasteiger partial charge is 0.326 e. The van der Waals surface area contributed by atoms with Gasteiger partial charge in [-0.2, -0.15) is 5.26 Å². The van der Waals surface area contributed by atoms with Crippen LogP contribution < -0.4 is 5.32 Å². The Labute approximate surface area is 115 Å². The Balaban J connectivity index is 2.41. The molecule has 0 aliphatic heterocycles. The fourth-order valence-corrected chi connectivity index (χ4v) is 1.90. The van der Waals surface area contributed by atoms with Crippen LogP contribution in [-0.2, 0) is 4.79 Å². The molecular formula is C15H21N3O. The first kappa shape index (κ1) is 15.2. The summed E-state index contributed by atoms with van der Waals surface area (Å²) in [5.41, 5.74) is 1.23. The highest BCUT2D eigenvalue weighted by Gasteiger charge is 2.06. The number of nitriles is 1. The van der Waals surface area contributed by atoms with Crippen LogP contribution in [0.15, 0.2) is 24.3 Å². The topological polar surface area (TPSA) is 56.1 Å². The van der Waals surface area contributed by atoms with Crippen molar-refractivity contribution >= 4 is 11.6 Å². The molecule has 0 aliphatic rings. The number of anilines is 1. The monoisotopic (exact) mass is 259 g/mol. The molecule has 0 saturated carbocycles. The first-order valence-corrected chi connectivity index (χ1v) is 6.50. The highest BCUT2D eigenvalue weighted by molar-refractivity contribution is 5.90. The lowest BCUT2D eigenvalue weighted by Gasteiger charge is -2.18. The first-order valence-electron chi connectivity index (χ1n) is 6.50. The van der Waals surface area contributed by atoms with Crippen LogP contribution in [0, 0.1) is 17.2 Å². The third-order valence-electron chi connectivity index (χ3n) is 2.67. The molecule has 1 N–H and O–H groups in total. The summed E-state index contributed by atoms with van der Waals surface area (Å²) in [5, 5.41) is 11.6. The minimum absolute atomic E-state index is 0.0225. The van der Waals surface area contributed by atoms with Crippen molar-refractivity contribution < 1.29 is 4.79 Å². The van der Waals surface area contributed by atoms with Crippen molar-refractivity contribution in [3.05, 3.63) is 29.8 Å². The number of amides is 1. The number of carbonyl (C=O) groups is 1. The second kappa shape index (κ2) is 7.55. The average Bonchev–Trinajstić information content (AvgIpc) is 2.36. The van der Waals surface area contributed by atoms with Gasteiger partial charge in [0.05, 0.1) is 11.6 Å². The Morgan fingerprint density at radius 3 is 2.84 bits per heavy atom. The van der Waals surface area contributed by atoms with Gasteiger partial charge in [-0.1, -0.05) is 19.9 Å². The summed E-state index contributed by atoms with van der Waals surface area (Å²) in [6, 6.07) is 8.99. The van der Waals surface area contributed by atoms with Gasteiger partial charge in [-0.15, -0.1) is 0 Å². The molecular weight excluding hydrogens is 238 g/mol. The van der Waals surface area contributed by atoms with Crippen LogP contribution in [0.2, 0.25) is 0 Å². The van der Waals surface area contributed by atoms with Crippen molar-refractivity contribution in [1.29, 1.82) is 5.26 Å². The summed E-state index contributed by atoms with van der Waals surface area (Å²) in [7, 11) is 2.02. The Kier molecular flexibility index (Phi) is 6.04. The highest BCUT2D eigenvalue weighted by atomic mass is 16.1. The van der Waals surface area contributed by atoms with E-state index in [1.54, 1.807) is 24.3 Å². The van der Waals surface area contributed by atoms with Crippen molar-refractivity contribution in [3.8, 4) is 6.07 Å². The minimum Gasteiger partial charge on any atom is -0.326 e. The number of carbonyl (C=O) groups excluding carboxylic acids is 1. The molecule has 0 aromatic heterocycles. The number of nitrogens with one attached hydrogen (secondary N) is 1. The molecule has 0 spiro atoms. The third-order valence-corrected chi connectivity index (χ3v) is 2.67. The van der Waals surface area contributed by atoms with Crippen molar-refractivity contribution in [2.24, 2.45) is 5.92 Å². The minimum atomic E-state index is -0.0225. The van der Waals surface area contributed by atoms with E-state index in [0.29, 0.717) is 23.6 Å². The smallest absolute Gasteiger partial charge is 0.225 e. The molecule has 0 unspecified atom stereocenters. The standard InChI is InChI=1S/C15H21N3O/c1-12(2)11-18(3)8-7-15(19)17-14-6-4-5-13(9-14)10-16/h4-6,9,12H,7-8,11H2,1-3H3,(H,17,19). The zero-order valence-corrected chi connectivity index (χ0v) is 11.8. The Bertz CT molecular complexity index is 463. The molecule has 0 heterocycles. The molecule has 0 aliphatic carbocycles. The average molecular weight is 259 g/mol. The van der Waals surface area contributed by atoms with Crippen molar-refractivity contribution in [2.45, 2.75) is 20.3 Å². The van der Waals surface area contributed by atoms with Gasteiger partial charge in [0.15, 0.2) is 0 Å². The van der Waals surface area contributed by atoms with E-state index in [1.165, 1.54) is 0 Å². The Morgan fingerprint density at radius 2 is 2.21 bits per heavy atom. The van der Waals surface area contributed by atoms with Gasteiger partial charge in [0.1, 0.15) is 0 Å². The fourth-order valence-electron chi connectivity index (χ4n) is 1.90. The third kappa shape index (κ3) is 6.03. The molecule has 1 amide bonds. The summed E-state index contributed by atoms with van der Waals surface area (Å²) in [6.45, 7) is 6.03. The van der Waals surface area contributed by atoms with E-state index in [-0.39, 0.29) is 5.91 Å². The van der Waals surface area contributed by atoms with Gasteiger partial charge < -0.3 is 10.2 Å². The lowest BCUT2D eigenvalue weighted by atomic mass is 10.2. The van der Waals surface area contributed by atoms with Gasteiger partial charge in [-0.3, -0.25) is 4.79 Å². The van der Waals surface area contributed by atoms with E-state index in [0.717, 1.165) is 13.1 Å². The maximum Gasteiger partial charge on any atom is 0.225 e. The Morgan fingerprint density at radius 1 is 1.47 bits per heavy atom. The number of hydrogen-bond donors (Lipinski definition) is 1. The molecule has 0 saturated heterocycles. The zero-order chi connectivity index (χ0) is 14.3. The summed E-state index contributed by atoms with van der Waals surface area (Å²) < 4.78 is 0. The normalized spacial score (nSPS) is 10.5. The van der Waals surface area contributed by atoms with Gasteiger partial charge >= 0.3 is 0 Å². The van der Waals surface area contributed by atoms with Crippen LogP contribution in [0.25, 0.3) is 0 Å². The molecule has 19 heavy (non-hydrogen) atoms. The van der Waals surface area contributed by atoms with Crippen LogP contribution in [-0.4, -0.2) is 30.9 Å². The molecule has 4 nitrogen and oxygen atoms in total. The van der Waals surface area contributed by atoms with Crippen LogP contribution >= 0.6 is 0 Å². The van der Waals surface area contributed by atoms with Gasteiger partial charge in [0.25, 0.3) is 0 Å². The van der Waals surface area contributed by atoms with Gasteiger partial charge in [0.2, 0.25) is 5.91 Å². The second-order valence-corrected chi connectivity index (χ2v) is 5.15. The zero-order valence-electron chi connectivity index (χ0n) is 11.8. The number of rotatable bonds is 6. The van der Waals surface area contributed by atoms with Crippen LogP contribution in [0.1, 0.15) is 25.8 Å². The summed E-state index contributed by atoms with van der Waals surface area (Å²) >= 11 is 0. The van der Waals surface area contributed by atoms with Gasteiger partial charge in [-0.05, 0) is 31.2 Å². The Hall–Kier alpha value is -1.86. The quantitative estimate of drug-likeness (QED) is 0.854. The van der Waals surface area contributed by atoms with E-state index in [4.69, 9.17) is 5.26 Å². The molecule has 0 fully saturated rings. The predicted octanol–water partition coefficient (Wildman–Crippen LogP) is 2.47. The molecule has 0 radical (unpaired) electrons. The van der Waals surface area contributed by atoms with Gasteiger partial charge in [0, 0.05) is 25.2 Å². The summed E-state index contributed by atoms with van der Waals surface area (Å²) in [4.78, 5) is 13.9. The number of hydrogen-bond acceptors (Lipinski definition) is 3. The number of nitrogens with zero attached hydrogens (tertiary/aromatic N) is 2.